The van der Waals surface area contributed by atoms with Gasteiger partial charge in [0.15, 0.2) is 5.16 Å². The molecule has 0 saturated carbocycles. The lowest BCUT2D eigenvalue weighted by molar-refractivity contribution is -0.114. The maximum absolute atomic E-state index is 13.5. The van der Waals surface area contributed by atoms with Crippen molar-refractivity contribution in [3.05, 3.63) is 50.1 Å². The Morgan fingerprint density at radius 2 is 2.11 bits per heavy atom. The van der Waals surface area contributed by atoms with Gasteiger partial charge in [-0.1, -0.05) is 30.3 Å². The summed E-state index contributed by atoms with van der Waals surface area (Å²) in [5.41, 5.74) is 1.82. The Hall–Kier alpha value is -1.63. The lowest BCUT2D eigenvalue weighted by Crippen LogP contribution is -2.23. The molecule has 0 fully saturated rings. The number of carbonyl (C=O) groups is 1. The molecule has 0 saturated heterocycles. The molecule has 2 heterocycles. The largest absolute Gasteiger partial charge is 0.299 e. The highest BCUT2D eigenvalue weighted by atomic mass is 35.5. The normalized spacial score (nSPS) is 16.5. The van der Waals surface area contributed by atoms with Gasteiger partial charge in [-0.3, -0.25) is 14.2 Å². The summed E-state index contributed by atoms with van der Waals surface area (Å²) in [5, 5.41) is 1.90. The first-order valence-electron chi connectivity index (χ1n) is 8.89. The number of carbonyl (C=O) groups excluding carboxylic acids is 1. The van der Waals surface area contributed by atoms with Gasteiger partial charge >= 0.3 is 0 Å². The summed E-state index contributed by atoms with van der Waals surface area (Å²) in [5.74, 6) is 0.972. The molecule has 4 rings (SSSR count). The fourth-order valence-electron chi connectivity index (χ4n) is 3.45. The third-order valence-corrected chi connectivity index (χ3v) is 7.27. The average molecular weight is 419 g/mol. The molecule has 0 spiro atoms. The van der Waals surface area contributed by atoms with E-state index in [0.717, 1.165) is 35.0 Å². The zero-order valence-corrected chi connectivity index (χ0v) is 17.5. The highest BCUT2D eigenvalue weighted by Crippen LogP contribution is 2.37. The Morgan fingerprint density at radius 1 is 1.37 bits per heavy atom. The van der Waals surface area contributed by atoms with E-state index >= 15 is 0 Å². The van der Waals surface area contributed by atoms with Crippen LogP contribution in [-0.4, -0.2) is 21.1 Å². The highest BCUT2D eigenvalue weighted by Gasteiger charge is 2.25. The fourth-order valence-corrected chi connectivity index (χ4v) is 5.81. The summed E-state index contributed by atoms with van der Waals surface area (Å²) in [6.07, 6.45) is 3.03. The maximum atomic E-state index is 13.5. The summed E-state index contributed by atoms with van der Waals surface area (Å²) >= 11 is 8.95. The summed E-state index contributed by atoms with van der Waals surface area (Å²) < 4.78 is 1.62. The van der Waals surface area contributed by atoms with Crippen LogP contribution in [0.2, 0.25) is 5.02 Å². The van der Waals surface area contributed by atoms with Crippen LogP contribution in [0.5, 0.6) is 0 Å². The lowest BCUT2D eigenvalue weighted by atomic mass is 9.89. The van der Waals surface area contributed by atoms with Crippen molar-refractivity contribution in [2.75, 3.05) is 5.75 Å². The third-order valence-electron chi connectivity index (χ3n) is 4.79. The van der Waals surface area contributed by atoms with Gasteiger partial charge in [0, 0.05) is 9.90 Å². The van der Waals surface area contributed by atoms with Crippen LogP contribution < -0.4 is 5.56 Å². The Labute approximate surface area is 170 Å². The molecule has 140 valence electrons. The van der Waals surface area contributed by atoms with Crippen LogP contribution in [0.25, 0.3) is 15.9 Å². The SMILES string of the molecule is CC(=O)CSc1nc2sc3c(c2c(=O)n1-c1ccc(Cl)cc1)CC[C@H](C)C3. The minimum Gasteiger partial charge on any atom is -0.299 e. The zero-order valence-electron chi connectivity index (χ0n) is 15.1. The number of rotatable bonds is 4. The number of hydrogen-bond donors (Lipinski definition) is 0. The first kappa shape index (κ1) is 18.7. The van der Waals surface area contributed by atoms with E-state index in [9.17, 15) is 9.59 Å². The zero-order chi connectivity index (χ0) is 19.1. The van der Waals surface area contributed by atoms with Gasteiger partial charge in [-0.15, -0.1) is 11.3 Å². The standard InChI is InChI=1S/C20H19ClN2O2S2/c1-11-3-8-15-16(9-11)27-18-17(15)19(25)23(14-6-4-13(21)5-7-14)20(22-18)26-10-12(2)24/h4-7,11H,3,8-10H2,1-2H3/t11-/m0/s1. The molecule has 1 aromatic carbocycles. The molecule has 0 bridgehead atoms. The number of halogens is 1. The van der Waals surface area contributed by atoms with Crippen molar-refractivity contribution < 1.29 is 4.79 Å². The maximum Gasteiger partial charge on any atom is 0.267 e. The van der Waals surface area contributed by atoms with Crippen LogP contribution in [-0.2, 0) is 17.6 Å². The van der Waals surface area contributed by atoms with Crippen molar-refractivity contribution >= 4 is 50.7 Å². The molecule has 2 aromatic heterocycles. The fraction of sp³-hybridized carbons (Fsp3) is 0.350. The molecule has 0 unspecified atom stereocenters. The van der Waals surface area contributed by atoms with E-state index in [1.807, 2.05) is 12.1 Å². The molecule has 7 heteroatoms. The number of nitrogens with zero attached hydrogens (tertiary/aromatic N) is 2. The van der Waals surface area contributed by atoms with Gasteiger partial charge in [0.1, 0.15) is 10.6 Å². The van der Waals surface area contributed by atoms with Gasteiger partial charge in [-0.25, -0.2) is 4.98 Å². The van der Waals surface area contributed by atoms with Crippen molar-refractivity contribution in [2.24, 2.45) is 5.92 Å². The average Bonchev–Trinajstić information content (AvgIpc) is 2.98. The second-order valence-corrected chi connectivity index (χ2v) is 9.50. The first-order valence-corrected chi connectivity index (χ1v) is 11.1. The van der Waals surface area contributed by atoms with Gasteiger partial charge in [-0.2, -0.15) is 0 Å². The topological polar surface area (TPSA) is 52.0 Å². The molecule has 3 aromatic rings. The number of hydrogen-bond acceptors (Lipinski definition) is 5. The van der Waals surface area contributed by atoms with E-state index < -0.39 is 0 Å². The minimum absolute atomic E-state index is 0.0521. The summed E-state index contributed by atoms with van der Waals surface area (Å²) in [4.78, 5) is 31.9. The van der Waals surface area contributed by atoms with E-state index in [1.54, 1.807) is 35.0 Å². The summed E-state index contributed by atoms with van der Waals surface area (Å²) in [6.45, 7) is 3.79. The van der Waals surface area contributed by atoms with Crippen LogP contribution in [0.3, 0.4) is 0 Å². The molecule has 0 aliphatic heterocycles. The van der Waals surface area contributed by atoms with Gasteiger partial charge in [0.25, 0.3) is 5.56 Å². The molecule has 27 heavy (non-hydrogen) atoms. The van der Waals surface area contributed by atoms with Gasteiger partial charge < -0.3 is 0 Å². The van der Waals surface area contributed by atoms with E-state index in [2.05, 4.69) is 6.92 Å². The van der Waals surface area contributed by atoms with Gasteiger partial charge in [0.2, 0.25) is 0 Å². The van der Waals surface area contributed by atoms with Crippen LogP contribution in [0.15, 0.2) is 34.2 Å². The number of ketones is 1. The van der Waals surface area contributed by atoms with Crippen molar-refractivity contribution in [3.63, 3.8) is 0 Å². The number of thioether (sulfide) groups is 1. The highest BCUT2D eigenvalue weighted by molar-refractivity contribution is 7.99. The van der Waals surface area contributed by atoms with Crippen molar-refractivity contribution in [2.45, 2.75) is 38.3 Å². The second-order valence-electron chi connectivity index (χ2n) is 7.03. The van der Waals surface area contributed by atoms with Gasteiger partial charge in [0.05, 0.1) is 16.8 Å². The second kappa shape index (κ2) is 7.41. The van der Waals surface area contributed by atoms with Crippen LogP contribution in [0.4, 0.5) is 0 Å². The van der Waals surface area contributed by atoms with Crippen LogP contribution >= 0.6 is 34.7 Å². The quantitative estimate of drug-likeness (QED) is 0.446. The summed E-state index contributed by atoms with van der Waals surface area (Å²) in [6, 6.07) is 7.15. The van der Waals surface area contributed by atoms with Crippen molar-refractivity contribution in [3.8, 4) is 5.69 Å². The molecule has 1 aliphatic carbocycles. The Kier molecular flexibility index (Phi) is 5.14. The molecule has 0 amide bonds. The van der Waals surface area contributed by atoms with E-state index in [4.69, 9.17) is 16.6 Å². The molecular weight excluding hydrogens is 400 g/mol. The number of aromatic nitrogens is 2. The summed E-state index contributed by atoms with van der Waals surface area (Å²) in [7, 11) is 0. The monoisotopic (exact) mass is 418 g/mol. The molecule has 1 atom stereocenters. The molecular formula is C20H19ClN2O2S2. The molecule has 4 nitrogen and oxygen atoms in total. The van der Waals surface area contributed by atoms with Crippen LogP contribution in [0, 0.1) is 5.92 Å². The third kappa shape index (κ3) is 3.58. The van der Waals surface area contributed by atoms with E-state index in [1.165, 1.54) is 16.6 Å². The Balaban J connectivity index is 1.96. The molecule has 1 aliphatic rings. The van der Waals surface area contributed by atoms with Gasteiger partial charge in [-0.05, 0) is 61.9 Å². The van der Waals surface area contributed by atoms with Crippen LogP contribution in [0.1, 0.15) is 30.7 Å². The molecule has 0 radical (unpaired) electrons. The predicted octanol–water partition coefficient (Wildman–Crippen LogP) is 4.91. The van der Waals surface area contributed by atoms with Crippen molar-refractivity contribution in [1.82, 2.24) is 9.55 Å². The number of benzene rings is 1. The van der Waals surface area contributed by atoms with E-state index in [-0.39, 0.29) is 17.1 Å². The number of fused-ring (bicyclic) bond motifs is 3. The number of aryl methyl sites for hydroxylation is 1. The van der Waals surface area contributed by atoms with E-state index in [0.29, 0.717) is 21.8 Å². The number of thiophene rings is 1. The first-order chi connectivity index (χ1) is 12.9. The smallest absolute Gasteiger partial charge is 0.267 e. The minimum atomic E-state index is -0.0552. The number of Topliss-reactive ketones (excluding diaryl/α,β-unsaturated/α-hetero) is 1. The predicted molar refractivity (Wildman–Crippen MR) is 113 cm³/mol. The van der Waals surface area contributed by atoms with Crippen molar-refractivity contribution in [1.29, 1.82) is 0 Å². The Bertz CT molecular complexity index is 1090. The molecule has 0 N–H and O–H groups in total. The Morgan fingerprint density at radius 3 is 2.81 bits per heavy atom. The lowest BCUT2D eigenvalue weighted by Gasteiger charge is -2.17.